The van der Waals surface area contributed by atoms with Crippen LogP contribution in [0.1, 0.15) is 30.0 Å². The zero-order valence-electron chi connectivity index (χ0n) is 12.0. The first-order valence-corrected chi connectivity index (χ1v) is 6.83. The molecule has 3 nitrogen and oxygen atoms in total. The Kier molecular flexibility index (Phi) is 3.18. The molecule has 0 aliphatic carbocycles. The lowest BCUT2D eigenvalue weighted by atomic mass is 10.1. The van der Waals surface area contributed by atoms with E-state index in [1.165, 1.54) is 0 Å². The summed E-state index contributed by atoms with van der Waals surface area (Å²) >= 11 is 0. The SMILES string of the molecule is Cc1ccc(C(C)Nc2nc3ccccc3cc2C)o1. The van der Waals surface area contributed by atoms with Gasteiger partial charge in [0.1, 0.15) is 17.3 Å². The largest absolute Gasteiger partial charge is 0.464 e. The van der Waals surface area contributed by atoms with E-state index in [1.807, 2.05) is 37.3 Å². The zero-order valence-corrected chi connectivity index (χ0v) is 12.0. The summed E-state index contributed by atoms with van der Waals surface area (Å²) in [5.41, 5.74) is 2.14. The summed E-state index contributed by atoms with van der Waals surface area (Å²) in [7, 11) is 0. The number of anilines is 1. The van der Waals surface area contributed by atoms with E-state index in [9.17, 15) is 0 Å². The summed E-state index contributed by atoms with van der Waals surface area (Å²) in [4.78, 5) is 4.69. The Morgan fingerprint density at radius 3 is 2.65 bits per heavy atom. The molecule has 1 aromatic carbocycles. The Balaban J connectivity index is 1.92. The summed E-state index contributed by atoms with van der Waals surface area (Å²) in [6.45, 7) is 6.10. The number of pyridine rings is 1. The highest BCUT2D eigenvalue weighted by Crippen LogP contribution is 2.24. The summed E-state index contributed by atoms with van der Waals surface area (Å²) < 4.78 is 5.65. The van der Waals surface area contributed by atoms with Crippen LogP contribution in [0.15, 0.2) is 46.9 Å². The van der Waals surface area contributed by atoms with Gasteiger partial charge in [0.15, 0.2) is 0 Å². The van der Waals surface area contributed by atoms with Crippen LogP contribution in [-0.2, 0) is 0 Å². The number of fused-ring (bicyclic) bond motifs is 1. The standard InChI is InChI=1S/C17H18N2O/c1-11-10-14-6-4-5-7-15(14)19-17(11)18-13(3)16-9-8-12(2)20-16/h4-10,13H,1-3H3,(H,18,19). The molecule has 1 N–H and O–H groups in total. The van der Waals surface area contributed by atoms with Crippen molar-refractivity contribution in [2.45, 2.75) is 26.8 Å². The molecule has 1 atom stereocenters. The highest BCUT2D eigenvalue weighted by atomic mass is 16.3. The van der Waals surface area contributed by atoms with Crippen molar-refractivity contribution >= 4 is 16.7 Å². The highest BCUT2D eigenvalue weighted by molar-refractivity contribution is 5.81. The van der Waals surface area contributed by atoms with Crippen molar-refractivity contribution in [1.82, 2.24) is 4.98 Å². The zero-order chi connectivity index (χ0) is 14.1. The number of nitrogens with zero attached hydrogens (tertiary/aromatic N) is 1. The van der Waals surface area contributed by atoms with E-state index < -0.39 is 0 Å². The van der Waals surface area contributed by atoms with Gasteiger partial charge in [-0.15, -0.1) is 0 Å². The number of benzene rings is 1. The van der Waals surface area contributed by atoms with E-state index in [0.29, 0.717) is 0 Å². The van der Waals surface area contributed by atoms with Gasteiger partial charge in [-0.2, -0.15) is 0 Å². The molecule has 2 heterocycles. The molecule has 0 fully saturated rings. The van der Waals surface area contributed by atoms with Gasteiger partial charge in [0.05, 0.1) is 11.6 Å². The summed E-state index contributed by atoms with van der Waals surface area (Å²) in [6.07, 6.45) is 0. The van der Waals surface area contributed by atoms with E-state index in [0.717, 1.165) is 33.8 Å². The first-order valence-electron chi connectivity index (χ1n) is 6.83. The van der Waals surface area contributed by atoms with Crippen molar-refractivity contribution in [3.8, 4) is 0 Å². The normalized spacial score (nSPS) is 12.6. The molecule has 0 aliphatic rings. The van der Waals surface area contributed by atoms with Crippen LogP contribution in [0.25, 0.3) is 10.9 Å². The minimum atomic E-state index is 0.0936. The van der Waals surface area contributed by atoms with E-state index in [1.54, 1.807) is 0 Å². The van der Waals surface area contributed by atoms with Gasteiger partial charge in [-0.3, -0.25) is 0 Å². The van der Waals surface area contributed by atoms with Crippen LogP contribution in [-0.4, -0.2) is 4.98 Å². The Labute approximate surface area is 118 Å². The molecule has 0 bridgehead atoms. The molecule has 0 amide bonds. The molecule has 3 heteroatoms. The van der Waals surface area contributed by atoms with Gasteiger partial charge in [-0.25, -0.2) is 4.98 Å². The van der Waals surface area contributed by atoms with Gasteiger partial charge >= 0.3 is 0 Å². The van der Waals surface area contributed by atoms with Crippen LogP contribution in [0.3, 0.4) is 0 Å². The Hall–Kier alpha value is -2.29. The summed E-state index contributed by atoms with van der Waals surface area (Å²) in [5, 5.41) is 4.59. The van der Waals surface area contributed by atoms with Gasteiger partial charge < -0.3 is 9.73 Å². The molecule has 2 aromatic heterocycles. The van der Waals surface area contributed by atoms with Gasteiger partial charge in [-0.05, 0) is 50.6 Å². The smallest absolute Gasteiger partial charge is 0.130 e. The Morgan fingerprint density at radius 1 is 1.10 bits per heavy atom. The second-order valence-electron chi connectivity index (χ2n) is 5.16. The lowest BCUT2D eigenvalue weighted by Gasteiger charge is -2.15. The molecule has 3 aromatic rings. The maximum absolute atomic E-state index is 5.65. The van der Waals surface area contributed by atoms with Crippen LogP contribution >= 0.6 is 0 Å². The van der Waals surface area contributed by atoms with Gasteiger partial charge in [-0.1, -0.05) is 18.2 Å². The predicted octanol–water partition coefficient (Wildman–Crippen LogP) is 4.62. The third-order valence-electron chi connectivity index (χ3n) is 3.46. The van der Waals surface area contributed by atoms with Crippen LogP contribution in [0.2, 0.25) is 0 Å². The fraction of sp³-hybridized carbons (Fsp3) is 0.235. The number of nitrogens with one attached hydrogen (secondary N) is 1. The van der Waals surface area contributed by atoms with Crippen LogP contribution in [0.5, 0.6) is 0 Å². The summed E-state index contributed by atoms with van der Waals surface area (Å²) in [6, 6.07) is 14.4. The van der Waals surface area contributed by atoms with E-state index in [-0.39, 0.29) is 6.04 Å². The lowest BCUT2D eigenvalue weighted by Crippen LogP contribution is -2.08. The van der Waals surface area contributed by atoms with Gasteiger partial charge in [0, 0.05) is 5.39 Å². The molecule has 102 valence electrons. The monoisotopic (exact) mass is 266 g/mol. The summed E-state index contributed by atoms with van der Waals surface area (Å²) in [5.74, 6) is 2.76. The fourth-order valence-electron chi connectivity index (χ4n) is 2.33. The molecule has 0 saturated carbocycles. The van der Waals surface area contributed by atoms with E-state index >= 15 is 0 Å². The Morgan fingerprint density at radius 2 is 1.90 bits per heavy atom. The Bertz CT molecular complexity index is 746. The minimum absolute atomic E-state index is 0.0936. The number of aromatic nitrogens is 1. The molecule has 0 spiro atoms. The molecular weight excluding hydrogens is 248 g/mol. The van der Waals surface area contributed by atoms with Crippen LogP contribution < -0.4 is 5.32 Å². The van der Waals surface area contributed by atoms with Crippen LogP contribution in [0.4, 0.5) is 5.82 Å². The number of aryl methyl sites for hydroxylation is 2. The van der Waals surface area contributed by atoms with Crippen molar-refractivity contribution in [2.24, 2.45) is 0 Å². The molecule has 20 heavy (non-hydrogen) atoms. The number of hydrogen-bond donors (Lipinski definition) is 1. The number of rotatable bonds is 3. The molecule has 0 radical (unpaired) electrons. The van der Waals surface area contributed by atoms with Crippen molar-refractivity contribution < 1.29 is 4.42 Å². The number of hydrogen-bond acceptors (Lipinski definition) is 3. The highest BCUT2D eigenvalue weighted by Gasteiger charge is 2.12. The number of para-hydroxylation sites is 1. The van der Waals surface area contributed by atoms with Gasteiger partial charge in [0.2, 0.25) is 0 Å². The van der Waals surface area contributed by atoms with Crippen molar-refractivity contribution in [2.75, 3.05) is 5.32 Å². The van der Waals surface area contributed by atoms with Crippen LogP contribution in [0, 0.1) is 13.8 Å². The first kappa shape index (κ1) is 12.7. The minimum Gasteiger partial charge on any atom is -0.464 e. The maximum atomic E-state index is 5.65. The second-order valence-corrected chi connectivity index (χ2v) is 5.16. The predicted molar refractivity (Wildman–Crippen MR) is 82.0 cm³/mol. The topological polar surface area (TPSA) is 38.1 Å². The molecular formula is C17H18N2O. The molecule has 0 aliphatic heterocycles. The average Bonchev–Trinajstić information content (AvgIpc) is 2.86. The van der Waals surface area contributed by atoms with Crippen molar-refractivity contribution in [3.05, 3.63) is 59.5 Å². The molecule has 1 unspecified atom stereocenters. The average molecular weight is 266 g/mol. The van der Waals surface area contributed by atoms with Crippen molar-refractivity contribution in [3.63, 3.8) is 0 Å². The van der Waals surface area contributed by atoms with Crippen molar-refractivity contribution in [1.29, 1.82) is 0 Å². The lowest BCUT2D eigenvalue weighted by molar-refractivity contribution is 0.466. The first-order chi connectivity index (χ1) is 9.63. The van der Waals surface area contributed by atoms with E-state index in [2.05, 4.69) is 31.3 Å². The maximum Gasteiger partial charge on any atom is 0.130 e. The number of furan rings is 1. The fourth-order valence-corrected chi connectivity index (χ4v) is 2.33. The molecule has 3 rings (SSSR count). The molecule has 0 saturated heterocycles. The van der Waals surface area contributed by atoms with Gasteiger partial charge in [0.25, 0.3) is 0 Å². The second kappa shape index (κ2) is 5.00. The third-order valence-corrected chi connectivity index (χ3v) is 3.46. The third kappa shape index (κ3) is 2.39. The van der Waals surface area contributed by atoms with E-state index in [4.69, 9.17) is 9.40 Å². The quantitative estimate of drug-likeness (QED) is 0.751.